The summed E-state index contributed by atoms with van der Waals surface area (Å²) in [5.74, 6) is -1.11. The second kappa shape index (κ2) is 19.6. The summed E-state index contributed by atoms with van der Waals surface area (Å²) in [6.07, 6.45) is 4.76. The van der Waals surface area contributed by atoms with E-state index in [1.807, 2.05) is 97.9 Å². The third kappa shape index (κ3) is 11.0. The normalized spacial score (nSPS) is 14.2. The Balaban J connectivity index is 1.08. The molecule has 0 unspecified atom stereocenters. The maximum Gasteiger partial charge on any atom is 0.408 e. The molecule has 2 aromatic heterocycles. The molecule has 7 rings (SSSR count). The number of anilines is 2. The molecule has 1 fully saturated rings. The lowest BCUT2D eigenvalue weighted by atomic mass is 9.99. The molecule has 6 aromatic rings. The first-order valence-corrected chi connectivity index (χ1v) is 21.3. The monoisotopic (exact) mass is 847 g/mol. The summed E-state index contributed by atoms with van der Waals surface area (Å²) >= 11 is 0. The van der Waals surface area contributed by atoms with Gasteiger partial charge in [-0.1, -0.05) is 79.7 Å². The summed E-state index contributed by atoms with van der Waals surface area (Å²) in [6, 6.07) is 33.6. The molecule has 13 nitrogen and oxygen atoms in total. The van der Waals surface area contributed by atoms with Gasteiger partial charge in [0.1, 0.15) is 17.7 Å². The Hall–Kier alpha value is -7.28. The number of amides is 5. The number of ether oxygens (including phenoxy) is 1. The van der Waals surface area contributed by atoms with Gasteiger partial charge in [-0.25, -0.2) is 4.79 Å². The van der Waals surface area contributed by atoms with E-state index in [0.717, 1.165) is 45.3 Å². The van der Waals surface area contributed by atoms with E-state index in [9.17, 15) is 24.0 Å². The molecule has 13 heteroatoms. The van der Waals surface area contributed by atoms with Crippen LogP contribution in [0.15, 0.2) is 128 Å². The lowest BCUT2D eigenvalue weighted by Crippen LogP contribution is -2.49. The number of alkyl carbamates (subject to hydrolysis) is 1. The highest BCUT2D eigenvalue weighted by Crippen LogP contribution is 2.40. The lowest BCUT2D eigenvalue weighted by Gasteiger charge is -2.29. The average molecular weight is 848 g/mol. The van der Waals surface area contributed by atoms with Crippen molar-refractivity contribution in [3.63, 3.8) is 0 Å². The SMILES string of the molecule is CCCN(CC(=O)Nc1ccc(-c2[nH]c3ccc(NC(=O)[C@@H]4CCCN4C(=O)[C@H](NC(=O)OC(C)(C)C)c4ccccc4)cc3c2-c2ccncc2)cc1)C(=O)Cc1ccccc1. The third-order valence-corrected chi connectivity index (χ3v) is 10.8. The fourth-order valence-corrected chi connectivity index (χ4v) is 7.90. The molecule has 1 saturated heterocycles. The van der Waals surface area contributed by atoms with E-state index in [2.05, 4.69) is 25.9 Å². The first-order chi connectivity index (χ1) is 30.4. The summed E-state index contributed by atoms with van der Waals surface area (Å²) in [4.78, 5) is 78.3. The van der Waals surface area contributed by atoms with Crippen molar-refractivity contribution in [2.45, 2.75) is 71.1 Å². The first-order valence-electron chi connectivity index (χ1n) is 21.3. The number of rotatable bonds is 14. The van der Waals surface area contributed by atoms with Crippen molar-refractivity contribution in [2.75, 3.05) is 30.3 Å². The second-order valence-electron chi connectivity index (χ2n) is 16.6. The number of hydrogen-bond acceptors (Lipinski definition) is 7. The van der Waals surface area contributed by atoms with E-state index < -0.39 is 29.7 Å². The van der Waals surface area contributed by atoms with E-state index in [0.29, 0.717) is 42.9 Å². The van der Waals surface area contributed by atoms with Crippen LogP contribution in [-0.2, 0) is 30.3 Å². The number of H-pyrrole nitrogens is 1. The van der Waals surface area contributed by atoms with Gasteiger partial charge in [0.2, 0.25) is 17.7 Å². The molecule has 2 atom stereocenters. The molecule has 0 bridgehead atoms. The van der Waals surface area contributed by atoms with Gasteiger partial charge in [0.05, 0.1) is 18.7 Å². The number of carbonyl (C=O) groups is 5. The number of carbonyl (C=O) groups excluding carboxylic acids is 5. The molecular weight excluding hydrogens is 795 g/mol. The maximum absolute atomic E-state index is 14.2. The van der Waals surface area contributed by atoms with Crippen LogP contribution in [0, 0.1) is 0 Å². The Labute approximate surface area is 367 Å². The van der Waals surface area contributed by atoms with Crippen LogP contribution in [0.1, 0.15) is 64.1 Å². The molecule has 1 aliphatic heterocycles. The number of nitrogens with one attached hydrogen (secondary N) is 4. The number of aromatic amines is 1. The Morgan fingerprint density at radius 2 is 1.52 bits per heavy atom. The molecule has 3 heterocycles. The van der Waals surface area contributed by atoms with Crippen molar-refractivity contribution >= 4 is 52.0 Å². The zero-order chi connectivity index (χ0) is 44.5. The van der Waals surface area contributed by atoms with Gasteiger partial charge in [-0.3, -0.25) is 24.2 Å². The molecule has 0 saturated carbocycles. The Morgan fingerprint density at radius 1 is 0.841 bits per heavy atom. The third-order valence-electron chi connectivity index (χ3n) is 10.8. The Kier molecular flexibility index (Phi) is 13.6. The van der Waals surface area contributed by atoms with Crippen molar-refractivity contribution in [3.8, 4) is 22.4 Å². The van der Waals surface area contributed by atoms with Crippen LogP contribution >= 0.6 is 0 Å². The Morgan fingerprint density at radius 3 is 2.21 bits per heavy atom. The van der Waals surface area contributed by atoms with Gasteiger partial charge in [0, 0.05) is 53.3 Å². The van der Waals surface area contributed by atoms with E-state index >= 15 is 0 Å². The number of hydrogen-bond donors (Lipinski definition) is 4. The molecule has 4 N–H and O–H groups in total. The van der Waals surface area contributed by atoms with Crippen molar-refractivity contribution in [3.05, 3.63) is 139 Å². The minimum Gasteiger partial charge on any atom is -0.444 e. The molecule has 1 aliphatic rings. The second-order valence-corrected chi connectivity index (χ2v) is 16.6. The van der Waals surface area contributed by atoms with Gasteiger partial charge in [-0.2, -0.15) is 0 Å². The number of benzene rings is 4. The van der Waals surface area contributed by atoms with Crippen molar-refractivity contribution in [2.24, 2.45) is 0 Å². The minimum atomic E-state index is -1.05. The smallest absolute Gasteiger partial charge is 0.408 e. The van der Waals surface area contributed by atoms with E-state index in [1.165, 1.54) is 0 Å². The van der Waals surface area contributed by atoms with Gasteiger partial charge in [0.25, 0.3) is 5.91 Å². The molecular formula is C50H53N7O6. The predicted molar refractivity (Wildman–Crippen MR) is 245 cm³/mol. The van der Waals surface area contributed by atoms with Crippen LogP contribution in [0.5, 0.6) is 0 Å². The van der Waals surface area contributed by atoms with Crippen molar-refractivity contribution in [1.29, 1.82) is 0 Å². The quantitative estimate of drug-likeness (QED) is 0.0853. The average Bonchev–Trinajstić information content (AvgIpc) is 3.92. The topological polar surface area (TPSA) is 166 Å². The zero-order valence-electron chi connectivity index (χ0n) is 36.0. The molecule has 63 heavy (non-hydrogen) atoms. The van der Waals surface area contributed by atoms with Gasteiger partial charge in [-0.05, 0) is 105 Å². The first kappa shape index (κ1) is 43.8. The fourth-order valence-electron chi connectivity index (χ4n) is 7.90. The summed E-state index contributed by atoms with van der Waals surface area (Å²) in [7, 11) is 0. The fraction of sp³-hybridized carbons (Fsp3) is 0.280. The summed E-state index contributed by atoms with van der Waals surface area (Å²) in [6.45, 7) is 8.02. The summed E-state index contributed by atoms with van der Waals surface area (Å²) in [5, 5.41) is 9.62. The largest absolute Gasteiger partial charge is 0.444 e. The highest BCUT2D eigenvalue weighted by molar-refractivity contribution is 6.07. The van der Waals surface area contributed by atoms with E-state index in [4.69, 9.17) is 4.74 Å². The van der Waals surface area contributed by atoms with Crippen LogP contribution in [0.3, 0.4) is 0 Å². The van der Waals surface area contributed by atoms with Gasteiger partial charge in [0.15, 0.2) is 0 Å². The zero-order valence-corrected chi connectivity index (χ0v) is 36.0. The maximum atomic E-state index is 14.2. The summed E-state index contributed by atoms with van der Waals surface area (Å²) < 4.78 is 5.49. The van der Waals surface area contributed by atoms with Gasteiger partial charge in [-0.15, -0.1) is 0 Å². The lowest BCUT2D eigenvalue weighted by molar-refractivity contribution is -0.138. The van der Waals surface area contributed by atoms with Crippen LogP contribution in [0.2, 0.25) is 0 Å². The van der Waals surface area contributed by atoms with Crippen LogP contribution < -0.4 is 16.0 Å². The highest BCUT2D eigenvalue weighted by Gasteiger charge is 2.39. The number of fused-ring (bicyclic) bond motifs is 1. The van der Waals surface area contributed by atoms with Crippen molar-refractivity contribution < 1.29 is 28.7 Å². The molecule has 4 aromatic carbocycles. The molecule has 0 radical (unpaired) electrons. The molecule has 0 aliphatic carbocycles. The standard InChI is InChI=1S/C50H53N7O6/c1-5-28-56(43(59)30-33-13-8-6-9-14-33)32-42(58)52-37-20-18-36(19-21-37)45-44(34-24-26-51-27-25-34)39-31-38(22-23-40(39)54-45)53-47(60)41-17-12-29-57(41)48(61)46(35-15-10-7-11-16-35)55-49(62)63-50(2,3)4/h6-11,13-16,18-27,31,41,46,54H,5,12,17,28-30,32H2,1-4H3,(H,52,58)(H,53,60)(H,55,62)/t41-,46+/m0/s1. The Bertz CT molecular complexity index is 2560. The summed E-state index contributed by atoms with van der Waals surface area (Å²) in [5.41, 5.74) is 6.18. The number of likely N-dealkylation sites (tertiary alicyclic amines) is 1. The predicted octanol–water partition coefficient (Wildman–Crippen LogP) is 8.51. The minimum absolute atomic E-state index is 0.0526. The van der Waals surface area contributed by atoms with Crippen molar-refractivity contribution in [1.82, 2.24) is 25.1 Å². The van der Waals surface area contributed by atoms with Crippen LogP contribution in [0.25, 0.3) is 33.3 Å². The molecule has 324 valence electrons. The number of pyridine rings is 1. The highest BCUT2D eigenvalue weighted by atomic mass is 16.6. The number of aromatic nitrogens is 2. The number of nitrogens with zero attached hydrogens (tertiary/aromatic N) is 3. The van der Waals surface area contributed by atoms with E-state index in [-0.39, 0.29) is 30.7 Å². The molecule has 5 amide bonds. The van der Waals surface area contributed by atoms with Crippen LogP contribution in [-0.4, -0.2) is 80.8 Å². The van der Waals surface area contributed by atoms with E-state index in [1.54, 1.807) is 67.2 Å². The van der Waals surface area contributed by atoms with Crippen LogP contribution in [0.4, 0.5) is 16.2 Å². The molecule has 0 spiro atoms. The van der Waals surface area contributed by atoms with Gasteiger partial charge < -0.3 is 35.5 Å². The van der Waals surface area contributed by atoms with Gasteiger partial charge >= 0.3 is 6.09 Å².